The fourth-order valence-corrected chi connectivity index (χ4v) is 1.82. The number of aliphatic carboxylic acids is 1. The maximum absolute atomic E-state index is 10.8. The van der Waals surface area contributed by atoms with E-state index in [0.29, 0.717) is 12.2 Å². The van der Waals surface area contributed by atoms with Gasteiger partial charge in [-0.15, -0.1) is 0 Å². The lowest BCUT2D eigenvalue weighted by Gasteiger charge is -2.11. The summed E-state index contributed by atoms with van der Waals surface area (Å²) < 4.78 is 7.17. The first kappa shape index (κ1) is 11.4. The molecule has 1 unspecified atom stereocenters. The summed E-state index contributed by atoms with van der Waals surface area (Å²) in [4.78, 5) is 15.1. The van der Waals surface area contributed by atoms with Crippen molar-refractivity contribution in [1.29, 1.82) is 0 Å². The van der Waals surface area contributed by atoms with E-state index < -0.39 is 5.97 Å². The van der Waals surface area contributed by atoms with Crippen LogP contribution in [0.2, 0.25) is 0 Å². The number of furan rings is 1. The molecule has 0 aromatic carbocycles. The number of aromatic nitrogens is 2. The van der Waals surface area contributed by atoms with Gasteiger partial charge in [-0.3, -0.25) is 4.79 Å². The van der Waals surface area contributed by atoms with Crippen molar-refractivity contribution in [2.75, 3.05) is 0 Å². The summed E-state index contributed by atoms with van der Waals surface area (Å²) in [6.45, 7) is 0. The van der Waals surface area contributed by atoms with Gasteiger partial charge in [-0.1, -0.05) is 0 Å². The van der Waals surface area contributed by atoms with Gasteiger partial charge in [0.2, 0.25) is 0 Å². The lowest BCUT2D eigenvalue weighted by molar-refractivity contribution is -0.137. The van der Waals surface area contributed by atoms with Gasteiger partial charge < -0.3 is 14.1 Å². The fourth-order valence-electron chi connectivity index (χ4n) is 1.82. The van der Waals surface area contributed by atoms with Crippen LogP contribution in [0.5, 0.6) is 0 Å². The number of rotatable bonds is 5. The van der Waals surface area contributed by atoms with E-state index in [1.807, 2.05) is 17.8 Å². The molecule has 0 spiro atoms. The van der Waals surface area contributed by atoms with Crippen molar-refractivity contribution in [2.24, 2.45) is 7.05 Å². The van der Waals surface area contributed by atoms with Crippen molar-refractivity contribution in [1.82, 2.24) is 9.55 Å². The molecule has 1 N–H and O–H groups in total. The molecule has 0 bridgehead atoms. The Morgan fingerprint density at radius 3 is 3.00 bits per heavy atom. The second-order valence-corrected chi connectivity index (χ2v) is 3.97. The Kier molecular flexibility index (Phi) is 3.27. The molecule has 5 heteroatoms. The first-order valence-electron chi connectivity index (χ1n) is 5.38. The molecule has 17 heavy (non-hydrogen) atoms. The molecule has 0 aliphatic rings. The van der Waals surface area contributed by atoms with Crippen LogP contribution < -0.4 is 0 Å². The van der Waals surface area contributed by atoms with Gasteiger partial charge >= 0.3 is 5.97 Å². The van der Waals surface area contributed by atoms with Crippen molar-refractivity contribution in [3.05, 3.63) is 42.4 Å². The van der Waals surface area contributed by atoms with E-state index in [9.17, 15) is 4.79 Å². The maximum atomic E-state index is 10.8. The van der Waals surface area contributed by atoms with E-state index >= 15 is 0 Å². The van der Waals surface area contributed by atoms with Gasteiger partial charge in [-0.05, 0) is 12.1 Å². The van der Waals surface area contributed by atoms with Crippen LogP contribution in [0.15, 0.2) is 35.2 Å². The molecule has 0 aliphatic carbocycles. The van der Waals surface area contributed by atoms with Gasteiger partial charge in [-0.2, -0.15) is 0 Å². The van der Waals surface area contributed by atoms with Crippen molar-refractivity contribution < 1.29 is 14.3 Å². The van der Waals surface area contributed by atoms with Crippen LogP contribution in [-0.2, 0) is 18.3 Å². The minimum Gasteiger partial charge on any atom is -0.481 e. The largest absolute Gasteiger partial charge is 0.481 e. The molecular weight excluding hydrogens is 220 g/mol. The van der Waals surface area contributed by atoms with Crippen LogP contribution in [0.25, 0.3) is 0 Å². The fraction of sp³-hybridized carbons (Fsp3) is 0.333. The average molecular weight is 234 g/mol. The van der Waals surface area contributed by atoms with Crippen LogP contribution in [-0.4, -0.2) is 20.6 Å². The smallest absolute Gasteiger partial charge is 0.304 e. The van der Waals surface area contributed by atoms with Gasteiger partial charge in [0.15, 0.2) is 0 Å². The zero-order valence-electron chi connectivity index (χ0n) is 9.54. The third-order valence-electron chi connectivity index (χ3n) is 2.72. The van der Waals surface area contributed by atoms with E-state index in [0.717, 1.165) is 5.82 Å². The van der Waals surface area contributed by atoms with E-state index in [-0.39, 0.29) is 12.3 Å². The Bertz CT molecular complexity index is 488. The molecule has 0 aliphatic heterocycles. The standard InChI is InChI=1S/C12H14N2O3/c1-14-5-4-13-11(14)7-9(8-12(15)16)10-3-2-6-17-10/h2-6,9H,7-8H2,1H3,(H,15,16). The van der Waals surface area contributed by atoms with Crippen LogP contribution in [0.1, 0.15) is 23.9 Å². The molecule has 0 saturated carbocycles. The highest BCUT2D eigenvalue weighted by molar-refractivity contribution is 5.67. The lowest BCUT2D eigenvalue weighted by atomic mass is 9.98. The normalized spacial score (nSPS) is 12.5. The summed E-state index contributed by atoms with van der Waals surface area (Å²) in [6, 6.07) is 3.57. The average Bonchev–Trinajstić information content (AvgIpc) is 2.89. The molecule has 0 fully saturated rings. The van der Waals surface area contributed by atoms with Crippen LogP contribution in [0.3, 0.4) is 0 Å². The summed E-state index contributed by atoms with van der Waals surface area (Å²) in [6.07, 6.45) is 5.71. The molecule has 2 heterocycles. The highest BCUT2D eigenvalue weighted by Gasteiger charge is 2.20. The minimum absolute atomic E-state index is 0.0420. The summed E-state index contributed by atoms with van der Waals surface area (Å²) in [5.74, 6) is 0.534. The maximum Gasteiger partial charge on any atom is 0.304 e. The SMILES string of the molecule is Cn1ccnc1CC(CC(=O)O)c1ccco1. The number of carboxylic acids is 1. The second-order valence-electron chi connectivity index (χ2n) is 3.97. The Hall–Kier alpha value is -2.04. The summed E-state index contributed by atoms with van der Waals surface area (Å²) in [5.41, 5.74) is 0. The number of carbonyl (C=O) groups is 1. The number of carboxylic acid groups (broad SMARTS) is 1. The van der Waals surface area contributed by atoms with E-state index in [1.165, 1.54) is 0 Å². The van der Waals surface area contributed by atoms with Crippen molar-refractivity contribution in [2.45, 2.75) is 18.8 Å². The molecule has 0 saturated heterocycles. The molecule has 2 aromatic heterocycles. The Morgan fingerprint density at radius 2 is 2.47 bits per heavy atom. The summed E-state index contributed by atoms with van der Waals surface area (Å²) >= 11 is 0. The quantitative estimate of drug-likeness (QED) is 0.856. The summed E-state index contributed by atoms with van der Waals surface area (Å²) in [7, 11) is 1.89. The van der Waals surface area contributed by atoms with Gasteiger partial charge in [0.05, 0.1) is 12.7 Å². The molecule has 5 nitrogen and oxygen atoms in total. The predicted molar refractivity (Wildman–Crippen MR) is 60.6 cm³/mol. The van der Waals surface area contributed by atoms with Crippen molar-refractivity contribution >= 4 is 5.97 Å². The van der Waals surface area contributed by atoms with E-state index in [4.69, 9.17) is 9.52 Å². The van der Waals surface area contributed by atoms with Gasteiger partial charge in [0, 0.05) is 31.8 Å². The first-order valence-corrected chi connectivity index (χ1v) is 5.38. The number of nitrogens with zero attached hydrogens (tertiary/aromatic N) is 2. The number of hydrogen-bond acceptors (Lipinski definition) is 3. The molecular formula is C12H14N2O3. The molecule has 90 valence electrons. The third kappa shape index (κ3) is 2.75. The zero-order chi connectivity index (χ0) is 12.3. The third-order valence-corrected chi connectivity index (χ3v) is 2.72. The topological polar surface area (TPSA) is 68.3 Å². The number of aryl methyl sites for hydroxylation is 1. The number of hydrogen-bond donors (Lipinski definition) is 1. The predicted octanol–water partition coefficient (Wildman–Crippen LogP) is 1.81. The molecule has 0 amide bonds. The first-order chi connectivity index (χ1) is 8.16. The van der Waals surface area contributed by atoms with Crippen LogP contribution >= 0.6 is 0 Å². The molecule has 2 rings (SSSR count). The van der Waals surface area contributed by atoms with Gasteiger partial charge in [-0.25, -0.2) is 4.98 Å². The Balaban J connectivity index is 2.17. The van der Waals surface area contributed by atoms with Crippen LogP contribution in [0, 0.1) is 0 Å². The van der Waals surface area contributed by atoms with Crippen molar-refractivity contribution in [3.8, 4) is 0 Å². The highest BCUT2D eigenvalue weighted by atomic mass is 16.4. The monoisotopic (exact) mass is 234 g/mol. The van der Waals surface area contributed by atoms with Crippen molar-refractivity contribution in [3.63, 3.8) is 0 Å². The van der Waals surface area contributed by atoms with Gasteiger partial charge in [0.1, 0.15) is 11.6 Å². The minimum atomic E-state index is -0.833. The van der Waals surface area contributed by atoms with E-state index in [2.05, 4.69) is 4.98 Å². The molecule has 1 atom stereocenters. The highest BCUT2D eigenvalue weighted by Crippen LogP contribution is 2.24. The zero-order valence-corrected chi connectivity index (χ0v) is 9.54. The van der Waals surface area contributed by atoms with Gasteiger partial charge in [0.25, 0.3) is 0 Å². The summed E-state index contributed by atoms with van der Waals surface area (Å²) in [5, 5.41) is 8.91. The number of imidazole rings is 1. The second kappa shape index (κ2) is 4.86. The van der Waals surface area contributed by atoms with E-state index in [1.54, 1.807) is 24.6 Å². The lowest BCUT2D eigenvalue weighted by Crippen LogP contribution is -2.11. The van der Waals surface area contributed by atoms with Crippen LogP contribution in [0.4, 0.5) is 0 Å². The molecule has 2 aromatic rings. The Morgan fingerprint density at radius 1 is 1.65 bits per heavy atom. The Labute approximate surface area is 98.7 Å². The molecule has 0 radical (unpaired) electrons.